The molecule has 1 aliphatic carbocycles. The van der Waals surface area contributed by atoms with Gasteiger partial charge in [-0.1, -0.05) is 42.0 Å². The quantitative estimate of drug-likeness (QED) is 0.305. The number of hydrogen-bond acceptors (Lipinski definition) is 5. The fraction of sp³-hybridized carbons (Fsp3) is 0.286. The standard InChI is InChI=1S/C21H21NO5/c1-26-14-27-21-17(13-15-7-5-6-8-15)11-12-18(22(24)25)19(21)20(23)16-9-3-2-4-10-16/h2-4,9-13H,5-8,14H2,1H3. The first kappa shape index (κ1) is 18.8. The van der Waals surface area contributed by atoms with Gasteiger partial charge in [-0.25, -0.2) is 0 Å². The normalized spacial score (nSPS) is 13.4. The van der Waals surface area contributed by atoms with Crippen LogP contribution in [0, 0.1) is 10.1 Å². The van der Waals surface area contributed by atoms with E-state index < -0.39 is 10.7 Å². The van der Waals surface area contributed by atoms with Crippen molar-refractivity contribution in [2.24, 2.45) is 0 Å². The third-order valence-corrected chi connectivity index (χ3v) is 4.55. The molecule has 0 unspecified atom stereocenters. The zero-order valence-corrected chi connectivity index (χ0v) is 15.1. The van der Waals surface area contributed by atoms with Crippen molar-refractivity contribution in [3.63, 3.8) is 0 Å². The van der Waals surface area contributed by atoms with Crippen molar-refractivity contribution >= 4 is 17.5 Å². The number of nitro benzene ring substituents is 1. The topological polar surface area (TPSA) is 78.7 Å². The van der Waals surface area contributed by atoms with Gasteiger partial charge in [-0.2, -0.15) is 0 Å². The third-order valence-electron chi connectivity index (χ3n) is 4.55. The lowest BCUT2D eigenvalue weighted by molar-refractivity contribution is -0.385. The number of hydrogen-bond donors (Lipinski definition) is 0. The zero-order chi connectivity index (χ0) is 19.2. The first-order valence-corrected chi connectivity index (χ1v) is 8.84. The van der Waals surface area contributed by atoms with Gasteiger partial charge in [0.25, 0.3) is 5.69 Å². The summed E-state index contributed by atoms with van der Waals surface area (Å²) in [5.74, 6) is -0.251. The first-order valence-electron chi connectivity index (χ1n) is 8.84. The van der Waals surface area contributed by atoms with E-state index in [1.165, 1.54) is 18.7 Å². The number of ketones is 1. The fourth-order valence-corrected chi connectivity index (χ4v) is 3.27. The number of nitrogens with zero attached hydrogens (tertiary/aromatic N) is 1. The lowest BCUT2D eigenvalue weighted by atomic mass is 9.96. The summed E-state index contributed by atoms with van der Waals surface area (Å²) in [6.07, 6.45) is 6.21. The molecule has 1 saturated carbocycles. The molecule has 0 aliphatic heterocycles. The number of benzene rings is 2. The van der Waals surface area contributed by atoms with Crippen molar-refractivity contribution < 1.29 is 19.2 Å². The molecule has 3 rings (SSSR count). The van der Waals surface area contributed by atoms with Crippen LogP contribution < -0.4 is 4.74 Å². The summed E-state index contributed by atoms with van der Waals surface area (Å²) in [6.45, 7) is -0.105. The Labute approximate surface area is 157 Å². The maximum Gasteiger partial charge on any atom is 0.284 e. The molecule has 2 aromatic rings. The molecule has 6 heteroatoms. The summed E-state index contributed by atoms with van der Waals surface area (Å²) in [5.41, 5.74) is 1.96. The minimum absolute atomic E-state index is 0.0457. The average Bonchev–Trinajstić information content (AvgIpc) is 3.19. The number of nitro groups is 1. The van der Waals surface area contributed by atoms with E-state index >= 15 is 0 Å². The van der Waals surface area contributed by atoms with Crippen LogP contribution in [0.15, 0.2) is 48.0 Å². The van der Waals surface area contributed by atoms with Crippen molar-refractivity contribution in [2.45, 2.75) is 25.7 Å². The van der Waals surface area contributed by atoms with Crippen LogP contribution in [0.3, 0.4) is 0 Å². The Kier molecular flexibility index (Phi) is 5.98. The molecule has 1 fully saturated rings. The van der Waals surface area contributed by atoms with Gasteiger partial charge in [0.1, 0.15) is 11.3 Å². The van der Waals surface area contributed by atoms with E-state index in [0.29, 0.717) is 11.1 Å². The highest BCUT2D eigenvalue weighted by Crippen LogP contribution is 2.37. The molecular formula is C21H21NO5. The Hall–Kier alpha value is -2.99. The summed E-state index contributed by atoms with van der Waals surface area (Å²) in [4.78, 5) is 24.1. The molecule has 0 saturated heterocycles. The first-order chi connectivity index (χ1) is 13.1. The predicted molar refractivity (Wildman–Crippen MR) is 102 cm³/mol. The van der Waals surface area contributed by atoms with E-state index in [1.807, 2.05) is 6.08 Å². The molecule has 0 atom stereocenters. The van der Waals surface area contributed by atoms with Gasteiger partial charge >= 0.3 is 0 Å². The van der Waals surface area contributed by atoms with Crippen LogP contribution in [0.2, 0.25) is 0 Å². The Bertz CT molecular complexity index is 866. The minimum atomic E-state index is -0.553. The van der Waals surface area contributed by atoms with Gasteiger partial charge in [-0.05, 0) is 31.7 Å². The molecule has 0 radical (unpaired) electrons. The van der Waals surface area contributed by atoms with Crippen LogP contribution in [0.5, 0.6) is 5.75 Å². The van der Waals surface area contributed by atoms with Crippen LogP contribution in [0.4, 0.5) is 5.69 Å². The lowest BCUT2D eigenvalue weighted by Gasteiger charge is -2.14. The molecule has 1 aliphatic rings. The van der Waals surface area contributed by atoms with Crippen LogP contribution in [-0.4, -0.2) is 24.6 Å². The van der Waals surface area contributed by atoms with Gasteiger partial charge < -0.3 is 9.47 Å². The van der Waals surface area contributed by atoms with Gasteiger partial charge in [0.05, 0.1) is 4.92 Å². The Morgan fingerprint density at radius 1 is 1.15 bits per heavy atom. The van der Waals surface area contributed by atoms with E-state index in [2.05, 4.69) is 0 Å². The van der Waals surface area contributed by atoms with Crippen molar-refractivity contribution in [2.75, 3.05) is 13.9 Å². The second-order valence-corrected chi connectivity index (χ2v) is 6.39. The lowest BCUT2D eigenvalue weighted by Crippen LogP contribution is -2.11. The summed E-state index contributed by atoms with van der Waals surface area (Å²) < 4.78 is 10.7. The number of carbonyl (C=O) groups excluding carboxylic acids is 1. The summed E-state index contributed by atoms with van der Waals surface area (Å²) >= 11 is 0. The smallest absolute Gasteiger partial charge is 0.284 e. The van der Waals surface area contributed by atoms with Crippen molar-refractivity contribution in [3.8, 4) is 5.75 Å². The molecular weight excluding hydrogens is 346 g/mol. The van der Waals surface area contributed by atoms with Crippen LogP contribution in [0.1, 0.15) is 47.2 Å². The average molecular weight is 367 g/mol. The van der Waals surface area contributed by atoms with E-state index in [-0.39, 0.29) is 23.8 Å². The highest BCUT2D eigenvalue weighted by Gasteiger charge is 2.28. The molecule has 0 aromatic heterocycles. The van der Waals surface area contributed by atoms with Gasteiger partial charge in [0.15, 0.2) is 6.79 Å². The van der Waals surface area contributed by atoms with E-state index in [9.17, 15) is 14.9 Å². The number of carbonyl (C=O) groups is 1. The molecule has 0 bridgehead atoms. The Morgan fingerprint density at radius 2 is 1.85 bits per heavy atom. The molecule has 0 heterocycles. The molecule has 2 aromatic carbocycles. The third kappa shape index (κ3) is 4.23. The van der Waals surface area contributed by atoms with Crippen molar-refractivity contribution in [1.29, 1.82) is 0 Å². The zero-order valence-electron chi connectivity index (χ0n) is 15.1. The van der Waals surface area contributed by atoms with E-state index in [4.69, 9.17) is 9.47 Å². The maximum atomic E-state index is 13.1. The van der Waals surface area contributed by atoms with Crippen molar-refractivity contribution in [3.05, 3.63) is 74.8 Å². The predicted octanol–water partition coefficient (Wildman–Crippen LogP) is 4.77. The summed E-state index contributed by atoms with van der Waals surface area (Å²) in [6, 6.07) is 11.5. The molecule has 140 valence electrons. The number of ether oxygens (including phenoxy) is 2. The van der Waals surface area contributed by atoms with Crippen LogP contribution in [-0.2, 0) is 4.74 Å². The van der Waals surface area contributed by atoms with Gasteiger partial charge in [-0.3, -0.25) is 14.9 Å². The molecule has 0 spiro atoms. The van der Waals surface area contributed by atoms with Crippen molar-refractivity contribution in [1.82, 2.24) is 0 Å². The van der Waals surface area contributed by atoms with E-state index in [0.717, 1.165) is 25.7 Å². The highest BCUT2D eigenvalue weighted by molar-refractivity contribution is 6.14. The molecule has 6 nitrogen and oxygen atoms in total. The van der Waals surface area contributed by atoms with Gasteiger partial charge in [-0.15, -0.1) is 0 Å². The summed E-state index contributed by atoms with van der Waals surface area (Å²) in [7, 11) is 1.46. The monoisotopic (exact) mass is 367 g/mol. The van der Waals surface area contributed by atoms with Gasteiger partial charge in [0.2, 0.25) is 5.78 Å². The maximum absolute atomic E-state index is 13.1. The van der Waals surface area contributed by atoms with Crippen LogP contribution >= 0.6 is 0 Å². The van der Waals surface area contributed by atoms with E-state index in [1.54, 1.807) is 36.4 Å². The SMILES string of the molecule is COCOc1c(C=C2CCCC2)ccc([N+](=O)[O-])c1C(=O)c1ccccc1. The number of methoxy groups -OCH3 is 1. The highest BCUT2D eigenvalue weighted by atomic mass is 16.7. The Balaban J connectivity index is 2.18. The molecule has 0 N–H and O–H groups in total. The largest absolute Gasteiger partial charge is 0.466 e. The fourth-order valence-electron chi connectivity index (χ4n) is 3.27. The molecule has 27 heavy (non-hydrogen) atoms. The second kappa shape index (κ2) is 8.60. The van der Waals surface area contributed by atoms with Crippen LogP contribution in [0.25, 0.3) is 6.08 Å². The minimum Gasteiger partial charge on any atom is -0.466 e. The number of allylic oxidation sites excluding steroid dienone is 1. The second-order valence-electron chi connectivity index (χ2n) is 6.39. The Morgan fingerprint density at radius 3 is 2.48 bits per heavy atom. The van der Waals surface area contributed by atoms with Gasteiger partial charge in [0, 0.05) is 24.3 Å². The molecule has 0 amide bonds. The number of rotatable bonds is 7. The summed E-state index contributed by atoms with van der Waals surface area (Å²) in [5, 5.41) is 11.6.